The molecule has 1 aromatic heterocycles. The molecule has 3 rings (SSSR count). The van der Waals surface area contributed by atoms with E-state index in [1.807, 2.05) is 43.3 Å². The van der Waals surface area contributed by atoms with Gasteiger partial charge in [0, 0.05) is 22.0 Å². The lowest BCUT2D eigenvalue weighted by Crippen LogP contribution is -1.94. The third kappa shape index (κ3) is 3.87. The number of hydrogen-bond acceptors (Lipinski definition) is 3. The molecule has 2 nitrogen and oxygen atoms in total. The van der Waals surface area contributed by atoms with Crippen LogP contribution in [0.4, 0.5) is 0 Å². The summed E-state index contributed by atoms with van der Waals surface area (Å²) in [6.45, 7) is 1.99. The van der Waals surface area contributed by atoms with Crippen LogP contribution in [-0.4, -0.2) is 9.97 Å². The van der Waals surface area contributed by atoms with Crippen LogP contribution in [0.2, 0.25) is 5.02 Å². The first-order valence-corrected chi connectivity index (χ1v) is 8.35. The van der Waals surface area contributed by atoms with Gasteiger partial charge in [-0.3, -0.25) is 0 Å². The topological polar surface area (TPSA) is 25.8 Å². The molecule has 0 N–H and O–H groups in total. The molecule has 0 fully saturated rings. The molecule has 110 valence electrons. The third-order valence-corrected chi connectivity index (χ3v) is 4.36. The standard InChI is InChI=1S/C18H15ClN2S/c1-13-10-17(22-12-14-6-3-2-4-7-14)21-18(20-13)15-8-5-9-16(19)11-15/h2-11H,12H2,1H3. The van der Waals surface area contributed by atoms with Crippen molar-refractivity contribution >= 4 is 23.4 Å². The molecule has 0 saturated heterocycles. The van der Waals surface area contributed by atoms with Gasteiger partial charge in [-0.05, 0) is 30.7 Å². The van der Waals surface area contributed by atoms with Gasteiger partial charge in [0.25, 0.3) is 0 Å². The molecule has 0 aliphatic rings. The second-order valence-electron chi connectivity index (χ2n) is 4.96. The predicted molar refractivity (Wildman–Crippen MR) is 93.2 cm³/mol. The van der Waals surface area contributed by atoms with Crippen molar-refractivity contribution in [2.45, 2.75) is 17.7 Å². The average Bonchev–Trinajstić information content (AvgIpc) is 2.53. The first-order valence-electron chi connectivity index (χ1n) is 6.99. The Hall–Kier alpha value is -1.84. The first kappa shape index (κ1) is 15.1. The van der Waals surface area contributed by atoms with Gasteiger partial charge < -0.3 is 0 Å². The van der Waals surface area contributed by atoms with E-state index in [1.165, 1.54) is 5.56 Å². The number of nitrogens with zero attached hydrogens (tertiary/aromatic N) is 2. The zero-order valence-electron chi connectivity index (χ0n) is 12.2. The van der Waals surface area contributed by atoms with Crippen LogP contribution in [0, 0.1) is 6.92 Å². The Morgan fingerprint density at radius 2 is 1.77 bits per heavy atom. The maximum atomic E-state index is 6.05. The zero-order chi connectivity index (χ0) is 15.4. The molecule has 0 radical (unpaired) electrons. The Labute approximate surface area is 139 Å². The highest BCUT2D eigenvalue weighted by molar-refractivity contribution is 7.98. The van der Waals surface area contributed by atoms with E-state index < -0.39 is 0 Å². The van der Waals surface area contributed by atoms with Crippen molar-refractivity contribution in [3.05, 3.63) is 76.9 Å². The Morgan fingerprint density at radius 3 is 2.55 bits per heavy atom. The molecule has 22 heavy (non-hydrogen) atoms. The molecular weight excluding hydrogens is 312 g/mol. The second kappa shape index (κ2) is 6.95. The van der Waals surface area contributed by atoms with Crippen LogP contribution in [0.25, 0.3) is 11.4 Å². The van der Waals surface area contributed by atoms with Crippen LogP contribution in [-0.2, 0) is 5.75 Å². The van der Waals surface area contributed by atoms with Gasteiger partial charge in [-0.2, -0.15) is 0 Å². The zero-order valence-corrected chi connectivity index (χ0v) is 13.7. The van der Waals surface area contributed by atoms with Crippen molar-refractivity contribution in [1.29, 1.82) is 0 Å². The van der Waals surface area contributed by atoms with Gasteiger partial charge in [-0.15, -0.1) is 11.8 Å². The SMILES string of the molecule is Cc1cc(SCc2ccccc2)nc(-c2cccc(Cl)c2)n1. The molecule has 0 saturated carbocycles. The third-order valence-electron chi connectivity index (χ3n) is 3.14. The van der Waals surface area contributed by atoms with Gasteiger partial charge in [0.05, 0.1) is 0 Å². The van der Waals surface area contributed by atoms with Crippen molar-refractivity contribution in [2.24, 2.45) is 0 Å². The molecule has 0 unspecified atom stereocenters. The summed E-state index contributed by atoms with van der Waals surface area (Å²) in [7, 11) is 0. The van der Waals surface area contributed by atoms with Crippen LogP contribution >= 0.6 is 23.4 Å². The van der Waals surface area contributed by atoms with Crippen LogP contribution in [0.1, 0.15) is 11.3 Å². The van der Waals surface area contributed by atoms with Gasteiger partial charge in [0.2, 0.25) is 0 Å². The van der Waals surface area contributed by atoms with E-state index in [2.05, 4.69) is 34.2 Å². The van der Waals surface area contributed by atoms with Crippen molar-refractivity contribution in [3.8, 4) is 11.4 Å². The lowest BCUT2D eigenvalue weighted by molar-refractivity contribution is 1.02. The summed E-state index contributed by atoms with van der Waals surface area (Å²) in [6, 6.07) is 20.0. The smallest absolute Gasteiger partial charge is 0.160 e. The summed E-state index contributed by atoms with van der Waals surface area (Å²) in [5, 5.41) is 1.67. The Balaban J connectivity index is 1.84. The lowest BCUT2D eigenvalue weighted by Gasteiger charge is -2.06. The molecule has 0 bridgehead atoms. The largest absolute Gasteiger partial charge is 0.233 e. The van der Waals surface area contributed by atoms with Crippen molar-refractivity contribution in [1.82, 2.24) is 9.97 Å². The van der Waals surface area contributed by atoms with Gasteiger partial charge >= 0.3 is 0 Å². The Morgan fingerprint density at radius 1 is 0.955 bits per heavy atom. The molecule has 0 amide bonds. The number of aryl methyl sites for hydroxylation is 1. The number of benzene rings is 2. The molecule has 1 heterocycles. The van der Waals surface area contributed by atoms with Gasteiger partial charge in [-0.25, -0.2) is 9.97 Å². The van der Waals surface area contributed by atoms with E-state index in [9.17, 15) is 0 Å². The van der Waals surface area contributed by atoms with Crippen LogP contribution < -0.4 is 0 Å². The van der Waals surface area contributed by atoms with E-state index >= 15 is 0 Å². The van der Waals surface area contributed by atoms with Crippen LogP contribution in [0.3, 0.4) is 0 Å². The van der Waals surface area contributed by atoms with Crippen molar-refractivity contribution in [3.63, 3.8) is 0 Å². The highest BCUT2D eigenvalue weighted by Gasteiger charge is 2.06. The van der Waals surface area contributed by atoms with E-state index in [0.29, 0.717) is 5.02 Å². The normalized spacial score (nSPS) is 10.6. The van der Waals surface area contributed by atoms with Crippen molar-refractivity contribution in [2.75, 3.05) is 0 Å². The fourth-order valence-corrected chi connectivity index (χ4v) is 3.20. The molecule has 0 atom stereocenters. The summed E-state index contributed by atoms with van der Waals surface area (Å²) in [6.07, 6.45) is 0. The average molecular weight is 327 g/mol. The molecular formula is C18H15ClN2S. The number of rotatable bonds is 4. The van der Waals surface area contributed by atoms with E-state index in [0.717, 1.165) is 27.9 Å². The second-order valence-corrected chi connectivity index (χ2v) is 6.39. The van der Waals surface area contributed by atoms with E-state index in [-0.39, 0.29) is 0 Å². The monoisotopic (exact) mass is 326 g/mol. The number of thioether (sulfide) groups is 1. The quantitative estimate of drug-likeness (QED) is 0.474. The molecule has 2 aromatic carbocycles. The van der Waals surface area contributed by atoms with E-state index in [4.69, 9.17) is 11.6 Å². The predicted octanol–water partition coefficient (Wildman–Crippen LogP) is 5.40. The first-order chi connectivity index (χ1) is 10.7. The Bertz CT molecular complexity index is 775. The van der Waals surface area contributed by atoms with Crippen LogP contribution in [0.5, 0.6) is 0 Å². The summed E-state index contributed by atoms with van der Waals surface area (Å²) in [4.78, 5) is 9.17. The number of halogens is 1. The lowest BCUT2D eigenvalue weighted by atomic mass is 10.2. The van der Waals surface area contributed by atoms with Crippen LogP contribution in [0.15, 0.2) is 65.7 Å². The molecule has 0 aliphatic heterocycles. The highest BCUT2D eigenvalue weighted by atomic mass is 35.5. The van der Waals surface area contributed by atoms with Gasteiger partial charge in [0.1, 0.15) is 5.03 Å². The maximum absolute atomic E-state index is 6.05. The number of hydrogen-bond donors (Lipinski definition) is 0. The summed E-state index contributed by atoms with van der Waals surface area (Å²) >= 11 is 7.77. The molecule has 4 heteroatoms. The fourth-order valence-electron chi connectivity index (χ4n) is 2.10. The van der Waals surface area contributed by atoms with Gasteiger partial charge in [-0.1, -0.05) is 54.1 Å². The highest BCUT2D eigenvalue weighted by Crippen LogP contribution is 2.25. The maximum Gasteiger partial charge on any atom is 0.160 e. The Kier molecular flexibility index (Phi) is 4.76. The minimum Gasteiger partial charge on any atom is -0.233 e. The number of aromatic nitrogens is 2. The summed E-state index contributed by atoms with van der Waals surface area (Å²) < 4.78 is 0. The molecule has 3 aromatic rings. The fraction of sp³-hybridized carbons (Fsp3) is 0.111. The minimum absolute atomic E-state index is 0.695. The molecule has 0 spiro atoms. The summed E-state index contributed by atoms with van der Waals surface area (Å²) in [5.74, 6) is 1.62. The summed E-state index contributed by atoms with van der Waals surface area (Å²) in [5.41, 5.74) is 3.19. The molecule has 0 aliphatic carbocycles. The minimum atomic E-state index is 0.695. The van der Waals surface area contributed by atoms with E-state index in [1.54, 1.807) is 11.8 Å². The van der Waals surface area contributed by atoms with Crippen molar-refractivity contribution < 1.29 is 0 Å². The van der Waals surface area contributed by atoms with Gasteiger partial charge in [0.15, 0.2) is 5.82 Å².